The number of ether oxygens (including phenoxy) is 1. The third-order valence-corrected chi connectivity index (χ3v) is 9.13. The zero-order valence-electron chi connectivity index (χ0n) is 24.9. The van der Waals surface area contributed by atoms with Gasteiger partial charge < -0.3 is 20.7 Å². The molecule has 224 valence electrons. The molecule has 0 aliphatic carbocycles. The van der Waals surface area contributed by atoms with Crippen molar-refractivity contribution >= 4 is 23.4 Å². The van der Waals surface area contributed by atoms with Gasteiger partial charge in [0.2, 0.25) is 17.7 Å². The number of amides is 3. The van der Waals surface area contributed by atoms with E-state index in [-0.39, 0.29) is 29.7 Å². The van der Waals surface area contributed by atoms with Gasteiger partial charge in [0.05, 0.1) is 12.0 Å². The highest BCUT2D eigenvalue weighted by molar-refractivity contribution is 5.93. The molecule has 0 saturated carbocycles. The van der Waals surface area contributed by atoms with Crippen molar-refractivity contribution in [3.63, 3.8) is 0 Å². The van der Waals surface area contributed by atoms with Crippen LogP contribution in [0.25, 0.3) is 0 Å². The molecule has 3 N–H and O–H groups in total. The van der Waals surface area contributed by atoms with Gasteiger partial charge >= 0.3 is 0 Å². The molecule has 2 fully saturated rings. The maximum Gasteiger partial charge on any atom is 0.243 e. The average Bonchev–Trinajstić information content (AvgIpc) is 2.98. The largest absolute Gasteiger partial charge is 0.381 e. The monoisotopic (exact) mass is 572 g/mol. The minimum Gasteiger partial charge on any atom is -0.381 e. The Kier molecular flexibility index (Phi) is 9.75. The first-order chi connectivity index (χ1) is 20.3. The van der Waals surface area contributed by atoms with Gasteiger partial charge in [0.15, 0.2) is 0 Å². The van der Waals surface area contributed by atoms with Crippen molar-refractivity contribution in [2.45, 2.75) is 64.5 Å². The third-order valence-electron chi connectivity index (χ3n) is 9.13. The van der Waals surface area contributed by atoms with Crippen LogP contribution in [0.3, 0.4) is 0 Å². The second-order valence-electron chi connectivity index (χ2n) is 12.3. The van der Waals surface area contributed by atoms with E-state index >= 15 is 0 Å². The summed E-state index contributed by atoms with van der Waals surface area (Å²) in [5.41, 5.74) is 3.43. The van der Waals surface area contributed by atoms with Crippen molar-refractivity contribution < 1.29 is 19.1 Å². The van der Waals surface area contributed by atoms with Gasteiger partial charge in [0.1, 0.15) is 6.04 Å². The Morgan fingerprint density at radius 1 is 1.05 bits per heavy atom. The van der Waals surface area contributed by atoms with E-state index in [1.54, 1.807) is 0 Å². The summed E-state index contributed by atoms with van der Waals surface area (Å²) in [5, 5.41) is 9.54. The lowest BCUT2D eigenvalue weighted by Gasteiger charge is -2.40. The van der Waals surface area contributed by atoms with Crippen LogP contribution in [0.1, 0.15) is 48.8 Å². The van der Waals surface area contributed by atoms with Crippen molar-refractivity contribution in [2.75, 3.05) is 38.2 Å². The first-order valence-corrected chi connectivity index (χ1v) is 15.3. The minimum absolute atomic E-state index is 0.0259. The van der Waals surface area contributed by atoms with Crippen molar-refractivity contribution in [3.8, 4) is 0 Å². The first kappa shape index (κ1) is 30.0. The van der Waals surface area contributed by atoms with E-state index in [9.17, 15) is 14.4 Å². The molecule has 3 heterocycles. The molecule has 2 aromatic carbocycles. The lowest BCUT2D eigenvalue weighted by atomic mass is 9.75. The number of fused-ring (bicyclic) bond motifs is 1. The molecule has 0 bridgehead atoms. The minimum atomic E-state index is -0.662. The van der Waals surface area contributed by atoms with Crippen LogP contribution in [0.5, 0.6) is 0 Å². The number of likely N-dealkylation sites (tertiary alicyclic amines) is 1. The fourth-order valence-electron chi connectivity index (χ4n) is 6.46. The molecule has 2 aromatic rings. The molecule has 8 nitrogen and oxygen atoms in total. The van der Waals surface area contributed by atoms with Gasteiger partial charge in [-0.05, 0) is 74.6 Å². The van der Waals surface area contributed by atoms with Crippen molar-refractivity contribution in [3.05, 3.63) is 77.4 Å². The second-order valence-corrected chi connectivity index (χ2v) is 12.3. The highest BCUT2D eigenvalue weighted by Crippen LogP contribution is 2.36. The van der Waals surface area contributed by atoms with E-state index in [2.05, 4.69) is 33.0 Å². The number of carbonyl (C=O) groups is 3. The Morgan fingerprint density at radius 3 is 2.62 bits per heavy atom. The van der Waals surface area contributed by atoms with Crippen LogP contribution in [0.15, 0.2) is 60.7 Å². The Hall–Kier alpha value is -3.49. The van der Waals surface area contributed by atoms with Crippen molar-refractivity contribution in [1.29, 1.82) is 0 Å². The van der Waals surface area contributed by atoms with Crippen LogP contribution in [0, 0.1) is 25.2 Å². The Morgan fingerprint density at radius 2 is 1.83 bits per heavy atom. The lowest BCUT2D eigenvalue weighted by Crippen LogP contribution is -2.58. The van der Waals surface area contributed by atoms with Crippen molar-refractivity contribution in [2.24, 2.45) is 11.3 Å². The van der Waals surface area contributed by atoms with Gasteiger partial charge in [-0.3, -0.25) is 19.3 Å². The second kappa shape index (κ2) is 13.7. The van der Waals surface area contributed by atoms with E-state index in [1.165, 1.54) is 0 Å². The van der Waals surface area contributed by atoms with E-state index in [0.29, 0.717) is 58.5 Å². The molecule has 0 unspecified atom stereocenters. The molecule has 2 saturated heterocycles. The van der Waals surface area contributed by atoms with Gasteiger partial charge in [-0.1, -0.05) is 54.6 Å². The summed E-state index contributed by atoms with van der Waals surface area (Å²) in [6.07, 6.45) is 8.16. The molecule has 1 spiro atoms. The number of nitrogens with one attached hydrogen (secondary N) is 3. The zero-order valence-corrected chi connectivity index (χ0v) is 24.9. The summed E-state index contributed by atoms with van der Waals surface area (Å²) in [6, 6.07) is 15.2. The normalized spacial score (nSPS) is 25.7. The predicted octanol–water partition coefficient (Wildman–Crippen LogP) is 3.92. The first-order valence-electron chi connectivity index (χ1n) is 15.3. The molecule has 8 heteroatoms. The molecule has 3 atom stereocenters. The molecular formula is C34H44N4O4. The molecule has 42 heavy (non-hydrogen) atoms. The van der Waals surface area contributed by atoms with Crippen LogP contribution < -0.4 is 16.0 Å². The maximum absolute atomic E-state index is 13.8. The number of rotatable bonds is 5. The Balaban J connectivity index is 1.31. The molecule has 3 aliphatic heterocycles. The molecular weight excluding hydrogens is 528 g/mol. The summed E-state index contributed by atoms with van der Waals surface area (Å²) in [5.74, 6) is -0.0732. The van der Waals surface area contributed by atoms with E-state index in [4.69, 9.17) is 4.74 Å². The molecule has 0 radical (unpaired) electrons. The molecule has 3 aliphatic rings. The van der Waals surface area contributed by atoms with Crippen LogP contribution in [0.4, 0.5) is 5.69 Å². The van der Waals surface area contributed by atoms with Gasteiger partial charge in [0, 0.05) is 44.5 Å². The standard InChI is InChI=1S/C34H44N4O4/c1-24-11-12-25(2)29(20-24)35-31(39)23-38-17-13-28-27(22-38)10-6-7-14-34(15-18-42-19-16-34)33(41)37-30(32(40)36-28)21-26-8-4-3-5-9-26/h3-9,11-12,20,27-28,30H,10,13-19,21-23H2,1-2H3,(H,35,39)(H,36,40)(H,37,41)/b7-6+/t27-,28+,30+/m1/s1. The maximum atomic E-state index is 13.8. The van der Waals surface area contributed by atoms with E-state index in [0.717, 1.165) is 35.2 Å². The van der Waals surface area contributed by atoms with E-state index < -0.39 is 11.5 Å². The topological polar surface area (TPSA) is 99.8 Å². The number of anilines is 1. The summed E-state index contributed by atoms with van der Waals surface area (Å²) in [6.45, 7) is 6.84. The quantitative estimate of drug-likeness (QED) is 0.472. The lowest BCUT2D eigenvalue weighted by molar-refractivity contribution is -0.140. The highest BCUT2D eigenvalue weighted by atomic mass is 16.5. The van der Waals surface area contributed by atoms with Gasteiger partial charge in [0.25, 0.3) is 0 Å². The van der Waals surface area contributed by atoms with Crippen LogP contribution in [-0.4, -0.2) is 67.6 Å². The summed E-state index contributed by atoms with van der Waals surface area (Å²) >= 11 is 0. The number of nitrogens with zero attached hydrogens (tertiary/aromatic N) is 1. The number of allylic oxidation sites excluding steroid dienone is 2. The van der Waals surface area contributed by atoms with Gasteiger partial charge in [-0.15, -0.1) is 0 Å². The van der Waals surface area contributed by atoms with Crippen LogP contribution in [0.2, 0.25) is 0 Å². The SMILES string of the molecule is Cc1ccc(C)c(NC(=O)CN2CC[C@@H]3NC(=O)[C@H](Cc4ccccc4)NC(=O)C4(C/C=C/C[C@@H]3C2)CCOCC4)c1. The number of carbonyl (C=O) groups excluding carboxylic acids is 3. The average molecular weight is 573 g/mol. The summed E-state index contributed by atoms with van der Waals surface area (Å²) in [7, 11) is 0. The van der Waals surface area contributed by atoms with Crippen LogP contribution in [-0.2, 0) is 25.5 Å². The van der Waals surface area contributed by atoms with Crippen LogP contribution >= 0.6 is 0 Å². The Bertz CT molecular complexity index is 1290. The smallest absolute Gasteiger partial charge is 0.243 e. The fraction of sp³-hybridized carbons (Fsp3) is 0.500. The van der Waals surface area contributed by atoms with Gasteiger partial charge in [-0.2, -0.15) is 0 Å². The number of piperidine rings is 1. The molecule has 3 amide bonds. The fourth-order valence-corrected chi connectivity index (χ4v) is 6.46. The zero-order chi connectivity index (χ0) is 29.5. The predicted molar refractivity (Wildman–Crippen MR) is 164 cm³/mol. The summed E-state index contributed by atoms with van der Waals surface area (Å²) < 4.78 is 5.60. The molecule has 5 rings (SSSR count). The third kappa shape index (κ3) is 7.47. The number of aryl methyl sites for hydroxylation is 2. The summed E-state index contributed by atoms with van der Waals surface area (Å²) in [4.78, 5) is 42.7. The highest BCUT2D eigenvalue weighted by Gasteiger charge is 2.41. The molecule has 0 aromatic heterocycles. The van der Waals surface area contributed by atoms with Crippen molar-refractivity contribution in [1.82, 2.24) is 15.5 Å². The van der Waals surface area contributed by atoms with Gasteiger partial charge in [-0.25, -0.2) is 0 Å². The Labute approximate surface area is 249 Å². The number of benzene rings is 2. The number of hydrogen-bond acceptors (Lipinski definition) is 5. The number of hydrogen-bond donors (Lipinski definition) is 3. The van der Waals surface area contributed by atoms with E-state index in [1.807, 2.05) is 62.4 Å².